The van der Waals surface area contributed by atoms with E-state index in [0.29, 0.717) is 18.7 Å². The van der Waals surface area contributed by atoms with Crippen molar-refractivity contribution in [3.8, 4) is 11.5 Å². The third kappa shape index (κ3) is 8.97. The lowest BCUT2D eigenvalue weighted by atomic mass is 10.0. The van der Waals surface area contributed by atoms with Gasteiger partial charge in [0, 0.05) is 13.0 Å². The summed E-state index contributed by atoms with van der Waals surface area (Å²) in [5.41, 5.74) is 2.01. The highest BCUT2D eigenvalue weighted by Gasteiger charge is 2.44. The number of rotatable bonds is 14. The van der Waals surface area contributed by atoms with Crippen LogP contribution < -0.4 is 9.47 Å². The molecule has 0 amide bonds. The average Bonchev–Trinajstić information content (AvgIpc) is 2.79. The van der Waals surface area contributed by atoms with E-state index >= 15 is 0 Å². The number of methoxy groups -OCH3 is 1. The van der Waals surface area contributed by atoms with Crippen LogP contribution in [0.3, 0.4) is 0 Å². The van der Waals surface area contributed by atoms with Crippen molar-refractivity contribution in [2.24, 2.45) is 0 Å². The predicted octanol–water partition coefficient (Wildman–Crippen LogP) is 3.83. The van der Waals surface area contributed by atoms with Crippen molar-refractivity contribution in [2.45, 2.75) is 37.7 Å². The maximum atomic E-state index is 13.9. The highest BCUT2D eigenvalue weighted by Crippen LogP contribution is 2.24. The zero-order valence-electron chi connectivity index (χ0n) is 19.6. The van der Waals surface area contributed by atoms with E-state index in [4.69, 9.17) is 19.3 Å². The van der Waals surface area contributed by atoms with Crippen molar-refractivity contribution in [3.05, 3.63) is 59.7 Å². The molecule has 0 fully saturated rings. The van der Waals surface area contributed by atoms with Crippen molar-refractivity contribution >= 4 is 11.9 Å². The fourth-order valence-corrected chi connectivity index (χ4v) is 3.22. The summed E-state index contributed by atoms with van der Waals surface area (Å²) in [4.78, 5) is 24.4. The lowest BCUT2D eigenvalue weighted by molar-refractivity contribution is -0.184. The number of halogens is 2. The second kappa shape index (κ2) is 12.9. The Labute approximate surface area is 198 Å². The molecule has 0 aliphatic heterocycles. The first-order valence-corrected chi connectivity index (χ1v) is 10.9. The van der Waals surface area contributed by atoms with Crippen molar-refractivity contribution in [1.82, 2.24) is 4.90 Å². The Hall–Kier alpha value is -3.20. The molecule has 0 spiro atoms. The first kappa shape index (κ1) is 27.0. The van der Waals surface area contributed by atoms with E-state index in [1.807, 2.05) is 41.3 Å². The highest BCUT2D eigenvalue weighted by atomic mass is 19.3. The lowest BCUT2D eigenvalue weighted by Crippen LogP contribution is -2.38. The Kier molecular flexibility index (Phi) is 10.2. The monoisotopic (exact) mass is 479 g/mol. The van der Waals surface area contributed by atoms with Gasteiger partial charge in [-0.2, -0.15) is 8.78 Å². The molecule has 186 valence electrons. The zero-order chi connectivity index (χ0) is 25.1. The quantitative estimate of drug-likeness (QED) is 0.412. The molecule has 0 bridgehead atoms. The van der Waals surface area contributed by atoms with Crippen LogP contribution in [0.5, 0.6) is 11.5 Å². The second-order valence-electron chi connectivity index (χ2n) is 8.16. The molecule has 7 nitrogen and oxygen atoms in total. The Morgan fingerprint density at radius 1 is 1.09 bits per heavy atom. The summed E-state index contributed by atoms with van der Waals surface area (Å²) in [6.45, 7) is 0.322. The van der Waals surface area contributed by atoms with Crippen molar-refractivity contribution < 1.29 is 37.7 Å². The van der Waals surface area contributed by atoms with E-state index < -0.39 is 30.4 Å². The Bertz CT molecular complexity index is 951. The molecule has 2 aromatic rings. The van der Waals surface area contributed by atoms with Crippen LogP contribution in [-0.4, -0.2) is 68.3 Å². The molecule has 9 heteroatoms. The molecule has 1 N–H and O–H groups in total. The smallest absolute Gasteiger partial charge is 0.378 e. The van der Waals surface area contributed by atoms with Gasteiger partial charge in [0.1, 0.15) is 30.6 Å². The number of alkyl halides is 2. The summed E-state index contributed by atoms with van der Waals surface area (Å²) < 4.78 is 43.8. The van der Waals surface area contributed by atoms with Crippen LogP contribution in [0.2, 0.25) is 0 Å². The molecule has 0 saturated carbocycles. The van der Waals surface area contributed by atoms with Gasteiger partial charge in [-0.3, -0.25) is 4.79 Å². The lowest BCUT2D eigenvalue weighted by Gasteiger charge is -2.23. The van der Waals surface area contributed by atoms with Crippen LogP contribution in [0.25, 0.3) is 0 Å². The van der Waals surface area contributed by atoms with Gasteiger partial charge in [-0.15, -0.1) is 0 Å². The second-order valence-corrected chi connectivity index (χ2v) is 8.16. The summed E-state index contributed by atoms with van der Waals surface area (Å²) >= 11 is 0. The summed E-state index contributed by atoms with van der Waals surface area (Å²) in [7, 11) is 5.21. The van der Waals surface area contributed by atoms with Gasteiger partial charge in [0.05, 0.1) is 7.11 Å². The van der Waals surface area contributed by atoms with Gasteiger partial charge in [0.15, 0.2) is 0 Å². The minimum Gasteiger partial charge on any atom is -0.497 e. The van der Waals surface area contributed by atoms with Crippen LogP contribution in [0, 0.1) is 0 Å². The van der Waals surface area contributed by atoms with Gasteiger partial charge in [0.2, 0.25) is 0 Å². The topological polar surface area (TPSA) is 85.3 Å². The number of carboxylic acid groups (broad SMARTS) is 1. The highest BCUT2D eigenvalue weighted by molar-refractivity contribution is 5.83. The number of para-hydroxylation sites is 1. The minimum absolute atomic E-state index is 0.140. The molecule has 34 heavy (non-hydrogen) atoms. The van der Waals surface area contributed by atoms with Crippen LogP contribution in [0.15, 0.2) is 48.5 Å². The van der Waals surface area contributed by atoms with Crippen molar-refractivity contribution in [1.29, 1.82) is 0 Å². The maximum Gasteiger partial charge on any atom is 0.378 e. The number of hydrogen-bond acceptors (Lipinski definition) is 6. The number of aryl methyl sites for hydroxylation is 2. The molecule has 2 aromatic carbocycles. The molecule has 0 saturated heterocycles. The Morgan fingerprint density at radius 2 is 1.82 bits per heavy atom. The summed E-state index contributed by atoms with van der Waals surface area (Å²) in [6, 6.07) is 15.1. The van der Waals surface area contributed by atoms with Crippen molar-refractivity contribution in [3.63, 3.8) is 0 Å². The Morgan fingerprint density at radius 3 is 2.50 bits per heavy atom. The molecule has 0 unspecified atom stereocenters. The molecule has 0 aliphatic carbocycles. The third-order valence-corrected chi connectivity index (χ3v) is 5.06. The van der Waals surface area contributed by atoms with Crippen LogP contribution in [-0.2, 0) is 27.2 Å². The number of carboxylic acids is 1. The number of esters is 1. The van der Waals surface area contributed by atoms with Gasteiger partial charge in [0.25, 0.3) is 0 Å². The van der Waals surface area contributed by atoms with E-state index in [1.165, 1.54) is 0 Å². The number of benzene rings is 2. The SMILES string of the molecule is COc1cccc(CCc2ccccc2OC[C@H](CCN(C)C)OC(=O)C(F)(F)CC(=O)O)c1. The fourth-order valence-electron chi connectivity index (χ4n) is 3.22. The van der Waals surface area contributed by atoms with Crippen LogP contribution in [0.4, 0.5) is 8.78 Å². The molecule has 0 radical (unpaired) electrons. The van der Waals surface area contributed by atoms with E-state index in [2.05, 4.69) is 0 Å². The van der Waals surface area contributed by atoms with Gasteiger partial charge >= 0.3 is 17.9 Å². The van der Waals surface area contributed by atoms with Gasteiger partial charge < -0.3 is 24.2 Å². The Balaban J connectivity index is 2.06. The molecule has 1 atom stereocenters. The molecule has 0 heterocycles. The van der Waals surface area contributed by atoms with E-state index in [9.17, 15) is 18.4 Å². The molecular formula is C25H31F2NO6. The number of nitrogens with zero attached hydrogens (tertiary/aromatic N) is 1. The van der Waals surface area contributed by atoms with E-state index in [1.54, 1.807) is 33.3 Å². The first-order valence-electron chi connectivity index (χ1n) is 10.9. The summed E-state index contributed by atoms with van der Waals surface area (Å²) in [5.74, 6) is -6.43. The number of carbonyl (C=O) groups is 2. The number of aliphatic carboxylic acids is 1. The normalized spacial score (nSPS) is 12.3. The predicted molar refractivity (Wildman–Crippen MR) is 123 cm³/mol. The average molecular weight is 480 g/mol. The van der Waals surface area contributed by atoms with Crippen LogP contribution in [0.1, 0.15) is 24.0 Å². The van der Waals surface area contributed by atoms with Crippen LogP contribution >= 0.6 is 0 Å². The summed E-state index contributed by atoms with van der Waals surface area (Å²) in [6.07, 6.45) is -0.949. The minimum atomic E-state index is -4.11. The number of carbonyl (C=O) groups excluding carboxylic acids is 1. The van der Waals surface area contributed by atoms with E-state index in [-0.39, 0.29) is 13.0 Å². The standard InChI is InChI=1S/C25H31F2NO6/c1-28(2)14-13-21(34-24(31)25(26,27)16-23(29)30)17-33-22-10-5-4-8-19(22)12-11-18-7-6-9-20(15-18)32-3/h4-10,15,21H,11-14,16-17H2,1-3H3,(H,29,30)/t21-/m0/s1. The van der Waals surface area contributed by atoms with E-state index in [0.717, 1.165) is 23.3 Å². The fraction of sp³-hybridized carbons (Fsp3) is 0.440. The number of hydrogen-bond donors (Lipinski definition) is 1. The third-order valence-electron chi connectivity index (χ3n) is 5.06. The first-order chi connectivity index (χ1) is 16.1. The number of ether oxygens (including phenoxy) is 3. The molecular weight excluding hydrogens is 448 g/mol. The molecule has 2 rings (SSSR count). The van der Waals surface area contributed by atoms with Gasteiger partial charge in [-0.05, 0) is 56.3 Å². The zero-order valence-corrected chi connectivity index (χ0v) is 19.6. The van der Waals surface area contributed by atoms with Crippen molar-refractivity contribution in [2.75, 3.05) is 34.4 Å². The molecule has 0 aliphatic rings. The summed E-state index contributed by atoms with van der Waals surface area (Å²) in [5, 5.41) is 8.63. The maximum absolute atomic E-state index is 13.9. The largest absolute Gasteiger partial charge is 0.497 e. The van der Waals surface area contributed by atoms with Gasteiger partial charge in [-0.25, -0.2) is 4.79 Å². The van der Waals surface area contributed by atoms with Gasteiger partial charge in [-0.1, -0.05) is 30.3 Å². The molecule has 0 aromatic heterocycles.